The van der Waals surface area contributed by atoms with Gasteiger partial charge in [0.05, 0.1) is 0 Å². The summed E-state index contributed by atoms with van der Waals surface area (Å²) < 4.78 is 0.889. The number of carbonyl (C=O) groups excluding carboxylic acids is 2. The van der Waals surface area contributed by atoms with Gasteiger partial charge in [-0.1, -0.05) is 15.9 Å². The zero-order valence-electron chi connectivity index (χ0n) is 10.8. The second-order valence-electron chi connectivity index (χ2n) is 4.84. The third-order valence-corrected chi connectivity index (χ3v) is 3.42. The van der Waals surface area contributed by atoms with Crippen molar-refractivity contribution in [1.29, 1.82) is 0 Å². The van der Waals surface area contributed by atoms with E-state index in [4.69, 9.17) is 0 Å². The van der Waals surface area contributed by atoms with Gasteiger partial charge in [0.2, 0.25) is 5.91 Å². The summed E-state index contributed by atoms with van der Waals surface area (Å²) in [5.74, 6) is 0.195. The molecule has 102 valence electrons. The zero-order valence-corrected chi connectivity index (χ0v) is 12.4. The van der Waals surface area contributed by atoms with Crippen LogP contribution in [0.2, 0.25) is 0 Å². The molecule has 0 bridgehead atoms. The molecule has 1 aliphatic carbocycles. The number of carbonyl (C=O) groups is 2. The van der Waals surface area contributed by atoms with Crippen molar-refractivity contribution in [3.05, 3.63) is 33.8 Å². The van der Waals surface area contributed by atoms with Gasteiger partial charge in [-0.2, -0.15) is 0 Å². The van der Waals surface area contributed by atoms with E-state index < -0.39 is 0 Å². The zero-order chi connectivity index (χ0) is 13.8. The van der Waals surface area contributed by atoms with E-state index in [1.165, 1.54) is 0 Å². The van der Waals surface area contributed by atoms with Crippen LogP contribution in [0.5, 0.6) is 0 Å². The first kappa shape index (κ1) is 14.1. The molecule has 2 amide bonds. The lowest BCUT2D eigenvalue weighted by Crippen LogP contribution is -2.35. The number of amides is 2. The highest BCUT2D eigenvalue weighted by Gasteiger charge is 2.28. The van der Waals surface area contributed by atoms with Crippen molar-refractivity contribution >= 4 is 27.7 Å². The summed E-state index contributed by atoms with van der Waals surface area (Å²) in [6, 6.07) is 5.57. The Labute approximate surface area is 121 Å². The molecule has 2 N–H and O–H groups in total. The number of aryl methyl sites for hydroxylation is 1. The second-order valence-corrected chi connectivity index (χ2v) is 5.75. The molecule has 1 saturated carbocycles. The Morgan fingerprint density at radius 1 is 1.21 bits per heavy atom. The van der Waals surface area contributed by atoms with Gasteiger partial charge in [-0.05, 0) is 43.5 Å². The SMILES string of the molecule is Cc1cc(Br)cc(C(=O)NCCNC(=O)C2CC2)c1. The van der Waals surface area contributed by atoms with Gasteiger partial charge in [0.15, 0.2) is 0 Å². The first-order valence-electron chi connectivity index (χ1n) is 6.39. The Balaban J connectivity index is 1.75. The Bertz CT molecular complexity index is 478. The molecule has 1 fully saturated rings. The molecule has 1 aromatic carbocycles. The van der Waals surface area contributed by atoms with Crippen LogP contribution in [-0.4, -0.2) is 24.9 Å². The molecule has 0 heterocycles. The summed E-state index contributed by atoms with van der Waals surface area (Å²) in [5.41, 5.74) is 1.65. The van der Waals surface area contributed by atoms with Crippen LogP contribution in [0.25, 0.3) is 0 Å². The molecule has 0 aromatic heterocycles. The summed E-state index contributed by atoms with van der Waals surface area (Å²) >= 11 is 3.37. The van der Waals surface area contributed by atoms with E-state index in [2.05, 4.69) is 26.6 Å². The van der Waals surface area contributed by atoms with Crippen LogP contribution in [0.3, 0.4) is 0 Å². The second kappa shape index (κ2) is 6.19. The molecule has 0 unspecified atom stereocenters. The quantitative estimate of drug-likeness (QED) is 0.814. The van der Waals surface area contributed by atoms with Gasteiger partial charge < -0.3 is 10.6 Å². The van der Waals surface area contributed by atoms with Crippen molar-refractivity contribution < 1.29 is 9.59 Å². The maximum Gasteiger partial charge on any atom is 0.251 e. The number of nitrogens with one attached hydrogen (secondary N) is 2. The van der Waals surface area contributed by atoms with Crippen molar-refractivity contribution in [3.63, 3.8) is 0 Å². The highest BCUT2D eigenvalue weighted by Crippen LogP contribution is 2.28. The average Bonchev–Trinajstić information content (AvgIpc) is 3.17. The van der Waals surface area contributed by atoms with Crippen LogP contribution >= 0.6 is 15.9 Å². The Morgan fingerprint density at radius 3 is 2.53 bits per heavy atom. The lowest BCUT2D eigenvalue weighted by Gasteiger charge is -2.07. The normalized spacial score (nSPS) is 14.0. The maximum atomic E-state index is 11.9. The van der Waals surface area contributed by atoms with Crippen molar-refractivity contribution in [3.8, 4) is 0 Å². The van der Waals surface area contributed by atoms with Crippen molar-refractivity contribution in [1.82, 2.24) is 10.6 Å². The minimum atomic E-state index is -0.120. The number of rotatable bonds is 5. The van der Waals surface area contributed by atoms with Gasteiger partial charge in [-0.25, -0.2) is 0 Å². The largest absolute Gasteiger partial charge is 0.354 e. The molecule has 0 atom stereocenters. The summed E-state index contributed by atoms with van der Waals surface area (Å²) in [6.45, 7) is 2.87. The molecule has 19 heavy (non-hydrogen) atoms. The molecule has 4 nitrogen and oxygen atoms in total. The molecule has 2 rings (SSSR count). The Hall–Kier alpha value is -1.36. The van der Waals surface area contributed by atoms with Crippen molar-refractivity contribution in [2.24, 2.45) is 5.92 Å². The van der Waals surface area contributed by atoms with E-state index in [0.29, 0.717) is 18.7 Å². The van der Waals surface area contributed by atoms with E-state index in [-0.39, 0.29) is 17.7 Å². The topological polar surface area (TPSA) is 58.2 Å². The minimum absolute atomic E-state index is 0.104. The smallest absolute Gasteiger partial charge is 0.251 e. The molecule has 1 aliphatic rings. The van der Waals surface area contributed by atoms with Gasteiger partial charge in [0.1, 0.15) is 0 Å². The fraction of sp³-hybridized carbons (Fsp3) is 0.429. The minimum Gasteiger partial charge on any atom is -0.354 e. The monoisotopic (exact) mass is 324 g/mol. The summed E-state index contributed by atoms with van der Waals surface area (Å²) in [5, 5.41) is 5.60. The average molecular weight is 325 g/mol. The Morgan fingerprint density at radius 2 is 1.89 bits per heavy atom. The van der Waals surface area contributed by atoms with Gasteiger partial charge in [-0.15, -0.1) is 0 Å². The first-order valence-corrected chi connectivity index (χ1v) is 7.18. The molecular weight excluding hydrogens is 308 g/mol. The third-order valence-electron chi connectivity index (χ3n) is 2.96. The van der Waals surface area contributed by atoms with Crippen molar-refractivity contribution in [2.75, 3.05) is 13.1 Å². The van der Waals surface area contributed by atoms with E-state index in [1.54, 1.807) is 6.07 Å². The summed E-state index contributed by atoms with van der Waals surface area (Å²) in [7, 11) is 0. The van der Waals surface area contributed by atoms with Crippen molar-refractivity contribution in [2.45, 2.75) is 19.8 Å². The van der Waals surface area contributed by atoms with E-state index in [1.807, 2.05) is 19.1 Å². The summed E-state index contributed by atoms with van der Waals surface area (Å²) in [4.78, 5) is 23.3. The lowest BCUT2D eigenvalue weighted by atomic mass is 10.1. The predicted molar refractivity (Wildman–Crippen MR) is 76.9 cm³/mol. The van der Waals surface area contributed by atoms with Gasteiger partial charge >= 0.3 is 0 Å². The molecule has 0 saturated heterocycles. The van der Waals surface area contributed by atoms with Crippen LogP contribution in [-0.2, 0) is 4.79 Å². The highest BCUT2D eigenvalue weighted by molar-refractivity contribution is 9.10. The fourth-order valence-corrected chi connectivity index (χ4v) is 2.43. The lowest BCUT2D eigenvalue weighted by molar-refractivity contribution is -0.122. The molecular formula is C14H17BrN2O2. The van der Waals surface area contributed by atoms with E-state index in [9.17, 15) is 9.59 Å². The Kier molecular flexibility index (Phi) is 4.58. The molecule has 0 spiro atoms. The molecule has 0 radical (unpaired) electrons. The van der Waals surface area contributed by atoms with Gasteiger partial charge in [0.25, 0.3) is 5.91 Å². The fourth-order valence-electron chi connectivity index (χ4n) is 1.82. The molecule has 0 aliphatic heterocycles. The first-order chi connectivity index (χ1) is 9.06. The number of hydrogen-bond acceptors (Lipinski definition) is 2. The van der Waals surface area contributed by atoms with Gasteiger partial charge in [-0.3, -0.25) is 9.59 Å². The van der Waals surface area contributed by atoms with E-state index >= 15 is 0 Å². The van der Waals surface area contributed by atoms with Crippen LogP contribution in [0.15, 0.2) is 22.7 Å². The number of halogens is 1. The van der Waals surface area contributed by atoms with E-state index in [0.717, 1.165) is 22.9 Å². The molecule has 5 heteroatoms. The standard InChI is InChI=1S/C14H17BrN2O2/c1-9-6-11(8-12(15)7-9)14(19)17-5-4-16-13(18)10-2-3-10/h6-8,10H,2-5H2,1H3,(H,16,18)(H,17,19). The predicted octanol–water partition coefficient (Wildman–Crippen LogP) is 2.01. The molecule has 1 aromatic rings. The van der Waals surface area contributed by atoms with Crippen LogP contribution in [0, 0.1) is 12.8 Å². The van der Waals surface area contributed by atoms with Crippen LogP contribution in [0.4, 0.5) is 0 Å². The van der Waals surface area contributed by atoms with Gasteiger partial charge in [0, 0.05) is 29.0 Å². The van der Waals surface area contributed by atoms with Crippen LogP contribution < -0.4 is 10.6 Å². The highest BCUT2D eigenvalue weighted by atomic mass is 79.9. The number of hydrogen-bond donors (Lipinski definition) is 2. The maximum absolute atomic E-state index is 11.9. The summed E-state index contributed by atoms with van der Waals surface area (Å²) in [6.07, 6.45) is 1.99. The number of benzene rings is 1. The third kappa shape index (κ3) is 4.35. The van der Waals surface area contributed by atoms with Crippen LogP contribution in [0.1, 0.15) is 28.8 Å².